The van der Waals surface area contributed by atoms with Crippen molar-refractivity contribution < 1.29 is 15.1 Å². The minimum absolute atomic E-state index is 0.00375. The Labute approximate surface area is 180 Å². The summed E-state index contributed by atoms with van der Waals surface area (Å²) in [6.07, 6.45) is 8.78. The molecule has 0 bridgehead atoms. The minimum Gasteiger partial charge on any atom is -0.505 e. The summed E-state index contributed by atoms with van der Waals surface area (Å²) in [5, 5.41) is 38.3. The molecule has 2 aromatic carbocycles. The first-order valence-corrected chi connectivity index (χ1v) is 10.9. The molecule has 1 aliphatic carbocycles. The Hall–Kier alpha value is -2.94. The number of non-ortho nitro benzene ring substituents is 1. The van der Waals surface area contributed by atoms with Gasteiger partial charge in [0.15, 0.2) is 11.4 Å². The number of phenolic OH excluding ortho intramolecular Hbond substituents is 2. The van der Waals surface area contributed by atoms with E-state index in [0.717, 1.165) is 26.1 Å². The molecular formula is C22H28N4O5. The molecule has 4 rings (SSSR count). The SMILES string of the molecule is O=Nc1c(NCCCN2CCC3(CCCC3)CC2)c(O)c2cc([N+](=O)[O-])ccc2c1O. The van der Waals surface area contributed by atoms with Gasteiger partial charge >= 0.3 is 0 Å². The van der Waals surface area contributed by atoms with Gasteiger partial charge in [0.1, 0.15) is 11.4 Å². The van der Waals surface area contributed by atoms with E-state index in [1.54, 1.807) is 0 Å². The average molecular weight is 428 g/mol. The zero-order valence-electron chi connectivity index (χ0n) is 17.5. The lowest BCUT2D eigenvalue weighted by atomic mass is 9.77. The van der Waals surface area contributed by atoms with E-state index in [2.05, 4.69) is 15.4 Å². The summed E-state index contributed by atoms with van der Waals surface area (Å²) in [5.74, 6) is -0.731. The number of nitrogens with one attached hydrogen (secondary N) is 1. The van der Waals surface area contributed by atoms with Gasteiger partial charge in [-0.1, -0.05) is 12.8 Å². The Morgan fingerprint density at radius 3 is 2.45 bits per heavy atom. The molecule has 1 saturated carbocycles. The highest BCUT2D eigenvalue weighted by atomic mass is 16.6. The zero-order valence-corrected chi connectivity index (χ0v) is 17.5. The molecule has 9 nitrogen and oxygen atoms in total. The summed E-state index contributed by atoms with van der Waals surface area (Å²) >= 11 is 0. The fraction of sp³-hybridized carbons (Fsp3) is 0.545. The Morgan fingerprint density at radius 2 is 1.81 bits per heavy atom. The minimum atomic E-state index is -0.580. The van der Waals surface area contributed by atoms with Crippen LogP contribution >= 0.6 is 0 Å². The number of nitro groups is 1. The second-order valence-electron chi connectivity index (χ2n) is 8.83. The van der Waals surface area contributed by atoms with Crippen LogP contribution in [0.5, 0.6) is 11.5 Å². The lowest BCUT2D eigenvalue weighted by Gasteiger charge is -2.39. The topological polar surface area (TPSA) is 128 Å². The smallest absolute Gasteiger partial charge is 0.270 e. The molecule has 3 N–H and O–H groups in total. The number of hydrogen-bond donors (Lipinski definition) is 3. The van der Waals surface area contributed by atoms with Crippen LogP contribution in [0.2, 0.25) is 0 Å². The molecule has 0 atom stereocenters. The third-order valence-electron chi connectivity index (χ3n) is 7.05. The van der Waals surface area contributed by atoms with Crippen LogP contribution in [-0.2, 0) is 0 Å². The number of nitro benzene ring substituents is 1. The molecule has 0 aromatic heterocycles. The number of anilines is 1. The van der Waals surface area contributed by atoms with Gasteiger partial charge in [-0.15, -0.1) is 4.91 Å². The van der Waals surface area contributed by atoms with Crippen LogP contribution in [-0.4, -0.2) is 46.2 Å². The van der Waals surface area contributed by atoms with E-state index < -0.39 is 10.7 Å². The molecule has 9 heteroatoms. The van der Waals surface area contributed by atoms with Crippen molar-refractivity contribution in [1.82, 2.24) is 4.90 Å². The fourth-order valence-corrected chi connectivity index (χ4v) is 5.19. The molecular weight excluding hydrogens is 400 g/mol. The lowest BCUT2D eigenvalue weighted by molar-refractivity contribution is -0.384. The monoisotopic (exact) mass is 428 g/mol. The van der Waals surface area contributed by atoms with Crippen LogP contribution in [0.4, 0.5) is 17.1 Å². The number of aromatic hydroxyl groups is 2. The van der Waals surface area contributed by atoms with Crippen molar-refractivity contribution in [1.29, 1.82) is 0 Å². The fourth-order valence-electron chi connectivity index (χ4n) is 5.19. The first kappa shape index (κ1) is 21.3. The van der Waals surface area contributed by atoms with Crippen LogP contribution in [0.25, 0.3) is 10.8 Å². The van der Waals surface area contributed by atoms with Gasteiger partial charge in [-0.25, -0.2) is 0 Å². The van der Waals surface area contributed by atoms with E-state index in [0.29, 0.717) is 12.0 Å². The second kappa shape index (κ2) is 8.66. The molecule has 2 fully saturated rings. The summed E-state index contributed by atoms with van der Waals surface area (Å²) < 4.78 is 0. The van der Waals surface area contributed by atoms with Crippen LogP contribution in [0, 0.1) is 20.4 Å². The lowest BCUT2D eigenvalue weighted by Crippen LogP contribution is -2.39. The Kier molecular flexibility index (Phi) is 5.95. The molecule has 1 saturated heterocycles. The maximum atomic E-state index is 11.3. The van der Waals surface area contributed by atoms with Crippen LogP contribution < -0.4 is 5.32 Å². The van der Waals surface area contributed by atoms with E-state index in [1.165, 1.54) is 56.7 Å². The van der Waals surface area contributed by atoms with Gasteiger partial charge < -0.3 is 20.4 Å². The number of rotatable bonds is 7. The number of benzene rings is 2. The number of piperidine rings is 1. The van der Waals surface area contributed by atoms with Crippen molar-refractivity contribution in [3.05, 3.63) is 33.2 Å². The van der Waals surface area contributed by atoms with Gasteiger partial charge in [0.2, 0.25) is 0 Å². The van der Waals surface area contributed by atoms with Gasteiger partial charge in [0.05, 0.1) is 4.92 Å². The number of phenols is 2. The maximum absolute atomic E-state index is 11.3. The van der Waals surface area contributed by atoms with Crippen molar-refractivity contribution in [2.24, 2.45) is 10.6 Å². The number of fused-ring (bicyclic) bond motifs is 1. The number of nitrogens with zero attached hydrogens (tertiary/aromatic N) is 3. The summed E-state index contributed by atoms with van der Waals surface area (Å²) in [7, 11) is 0. The van der Waals surface area contributed by atoms with Crippen molar-refractivity contribution in [2.75, 3.05) is 31.5 Å². The third kappa shape index (κ3) is 4.14. The third-order valence-corrected chi connectivity index (χ3v) is 7.05. The van der Waals surface area contributed by atoms with E-state index in [1.807, 2.05) is 0 Å². The van der Waals surface area contributed by atoms with Gasteiger partial charge in [-0.05, 0) is 68.4 Å². The Balaban J connectivity index is 1.42. The molecule has 2 aliphatic rings. The van der Waals surface area contributed by atoms with Crippen LogP contribution in [0.1, 0.15) is 44.9 Å². The Bertz CT molecular complexity index is 993. The Morgan fingerprint density at radius 1 is 1.10 bits per heavy atom. The van der Waals surface area contributed by atoms with Gasteiger partial charge in [-0.2, -0.15) is 0 Å². The number of nitroso groups, excluding NO2 is 1. The summed E-state index contributed by atoms with van der Waals surface area (Å²) in [5.41, 5.74) is 0.0742. The first-order chi connectivity index (χ1) is 14.9. The normalized spacial score (nSPS) is 18.5. The van der Waals surface area contributed by atoms with E-state index in [-0.39, 0.29) is 33.6 Å². The molecule has 2 aromatic rings. The molecule has 1 heterocycles. The van der Waals surface area contributed by atoms with Gasteiger partial charge in [0, 0.05) is 29.4 Å². The number of hydrogen-bond acceptors (Lipinski definition) is 8. The highest BCUT2D eigenvalue weighted by molar-refractivity contribution is 6.04. The largest absolute Gasteiger partial charge is 0.505 e. The summed E-state index contributed by atoms with van der Waals surface area (Å²) in [6.45, 7) is 3.58. The van der Waals surface area contributed by atoms with Crippen LogP contribution in [0.3, 0.4) is 0 Å². The van der Waals surface area contributed by atoms with Gasteiger partial charge in [0.25, 0.3) is 5.69 Å². The standard InChI is InChI=1S/C22H28N4O5/c27-20-16-5-4-15(26(30)31)14-17(16)21(28)18(19(20)24-29)23-10-3-11-25-12-8-22(9-13-25)6-1-2-7-22/h4-5,14,23,27-28H,1-3,6-13H2. The predicted molar refractivity (Wildman–Crippen MR) is 119 cm³/mol. The molecule has 1 aliphatic heterocycles. The van der Waals surface area contributed by atoms with Crippen molar-refractivity contribution in [2.45, 2.75) is 44.9 Å². The highest BCUT2D eigenvalue weighted by Crippen LogP contribution is 2.49. The molecule has 1 spiro atoms. The maximum Gasteiger partial charge on any atom is 0.270 e. The zero-order chi connectivity index (χ0) is 22.0. The molecule has 166 valence electrons. The molecule has 0 radical (unpaired) electrons. The first-order valence-electron chi connectivity index (χ1n) is 10.9. The van der Waals surface area contributed by atoms with E-state index in [4.69, 9.17) is 0 Å². The van der Waals surface area contributed by atoms with Crippen molar-refractivity contribution >= 4 is 27.8 Å². The van der Waals surface area contributed by atoms with Gasteiger partial charge in [-0.3, -0.25) is 10.1 Å². The average Bonchev–Trinajstić information content (AvgIpc) is 3.23. The van der Waals surface area contributed by atoms with E-state index >= 15 is 0 Å². The van der Waals surface area contributed by atoms with Crippen molar-refractivity contribution in [3.63, 3.8) is 0 Å². The predicted octanol–water partition coefficient (Wildman–Crippen LogP) is 5.02. The second-order valence-corrected chi connectivity index (χ2v) is 8.83. The van der Waals surface area contributed by atoms with Crippen molar-refractivity contribution in [3.8, 4) is 11.5 Å². The van der Waals surface area contributed by atoms with Crippen LogP contribution in [0.15, 0.2) is 23.4 Å². The molecule has 31 heavy (non-hydrogen) atoms. The quantitative estimate of drug-likeness (QED) is 0.141. The summed E-state index contributed by atoms with van der Waals surface area (Å²) in [4.78, 5) is 24.3. The number of likely N-dealkylation sites (tertiary alicyclic amines) is 1. The molecule has 0 amide bonds. The highest BCUT2D eigenvalue weighted by Gasteiger charge is 2.36. The molecule has 0 unspecified atom stereocenters. The summed E-state index contributed by atoms with van der Waals surface area (Å²) in [6, 6.07) is 3.68. The van der Waals surface area contributed by atoms with E-state index in [9.17, 15) is 25.2 Å².